The highest BCUT2D eigenvalue weighted by atomic mass is 35.5. The molecule has 0 bridgehead atoms. The molecule has 0 spiro atoms. The van der Waals surface area contributed by atoms with Crippen LogP contribution >= 0.6 is 12.4 Å². The maximum absolute atomic E-state index is 13.3. The van der Waals surface area contributed by atoms with E-state index in [2.05, 4.69) is 0 Å². The van der Waals surface area contributed by atoms with E-state index in [1.54, 1.807) is 0 Å². The highest BCUT2D eigenvalue weighted by Gasteiger charge is 2.37. The summed E-state index contributed by atoms with van der Waals surface area (Å²) in [5.41, 5.74) is 4.46. The number of aliphatic hydroxyl groups is 1. The van der Waals surface area contributed by atoms with E-state index < -0.39 is 29.7 Å². The predicted octanol–water partition coefficient (Wildman–Crippen LogP) is 4.21. The maximum Gasteiger partial charge on any atom is 0.416 e. The summed E-state index contributed by atoms with van der Waals surface area (Å²) in [6, 6.07) is 0.976. The van der Waals surface area contributed by atoms with Gasteiger partial charge in [0.2, 0.25) is 0 Å². The van der Waals surface area contributed by atoms with Gasteiger partial charge in [0, 0.05) is 0 Å². The molecule has 2 atom stereocenters. The summed E-state index contributed by atoms with van der Waals surface area (Å²) in [7, 11) is 0. The lowest BCUT2D eigenvalue weighted by molar-refractivity contribution is -0.138. The molecule has 0 unspecified atom stereocenters. The first-order valence-electron chi connectivity index (χ1n) is 7.11. The van der Waals surface area contributed by atoms with Crippen molar-refractivity contribution in [2.24, 2.45) is 11.7 Å². The van der Waals surface area contributed by atoms with Gasteiger partial charge in [-0.2, -0.15) is 13.2 Å². The molecule has 0 aromatic heterocycles. The van der Waals surface area contributed by atoms with Crippen LogP contribution in [0.25, 0.3) is 0 Å². The summed E-state index contributed by atoms with van der Waals surface area (Å²) in [6.07, 6.45) is -1.29. The van der Waals surface area contributed by atoms with Crippen LogP contribution in [0.4, 0.5) is 17.6 Å². The lowest BCUT2D eigenvalue weighted by Gasteiger charge is -2.31. The van der Waals surface area contributed by atoms with Gasteiger partial charge in [-0.3, -0.25) is 0 Å². The van der Waals surface area contributed by atoms with Crippen molar-refractivity contribution in [3.8, 4) is 0 Å². The number of alkyl halides is 3. The SMILES string of the molecule is Cl.N[C@@H](c1cc(F)ccc1C(F)(F)F)[C@H](O)C1CCCCC1. The molecule has 0 amide bonds. The fourth-order valence-electron chi connectivity index (χ4n) is 3.02. The molecule has 0 saturated heterocycles. The Morgan fingerprint density at radius 1 is 1.14 bits per heavy atom. The molecule has 3 N–H and O–H groups in total. The quantitative estimate of drug-likeness (QED) is 0.809. The van der Waals surface area contributed by atoms with Gasteiger partial charge in [0.05, 0.1) is 17.7 Å². The van der Waals surface area contributed by atoms with E-state index in [-0.39, 0.29) is 23.9 Å². The second kappa shape index (κ2) is 7.62. The molecular formula is C15H20ClF4NO. The maximum atomic E-state index is 13.3. The van der Waals surface area contributed by atoms with Crippen LogP contribution < -0.4 is 5.73 Å². The molecule has 1 aliphatic rings. The Labute approximate surface area is 133 Å². The minimum absolute atomic E-state index is 0. The van der Waals surface area contributed by atoms with E-state index in [1.807, 2.05) is 0 Å². The van der Waals surface area contributed by atoms with Crippen LogP contribution in [0.2, 0.25) is 0 Å². The highest BCUT2D eigenvalue weighted by molar-refractivity contribution is 5.85. The summed E-state index contributed by atoms with van der Waals surface area (Å²) in [5.74, 6) is -0.914. The van der Waals surface area contributed by atoms with Crippen molar-refractivity contribution in [3.05, 3.63) is 35.1 Å². The summed E-state index contributed by atoms with van der Waals surface area (Å²) >= 11 is 0. The molecule has 22 heavy (non-hydrogen) atoms. The molecular weight excluding hydrogens is 322 g/mol. The summed E-state index contributed by atoms with van der Waals surface area (Å²) in [6.45, 7) is 0. The van der Waals surface area contributed by atoms with Crippen LogP contribution in [-0.2, 0) is 6.18 Å². The average Bonchev–Trinajstić information content (AvgIpc) is 2.45. The first kappa shape index (κ1) is 19.2. The van der Waals surface area contributed by atoms with Crippen LogP contribution in [0.1, 0.15) is 49.3 Å². The van der Waals surface area contributed by atoms with Gasteiger partial charge in [-0.25, -0.2) is 4.39 Å². The third kappa shape index (κ3) is 4.33. The zero-order valence-corrected chi connectivity index (χ0v) is 12.8. The molecule has 7 heteroatoms. The minimum Gasteiger partial charge on any atom is -0.391 e. The Hall–Kier alpha value is -0.850. The van der Waals surface area contributed by atoms with Gasteiger partial charge in [-0.1, -0.05) is 19.3 Å². The Morgan fingerprint density at radius 3 is 2.27 bits per heavy atom. The number of halogens is 5. The van der Waals surface area contributed by atoms with Crippen LogP contribution in [0.5, 0.6) is 0 Å². The Bertz CT molecular complexity index is 489. The fourth-order valence-corrected chi connectivity index (χ4v) is 3.02. The lowest BCUT2D eigenvalue weighted by Crippen LogP contribution is -2.35. The monoisotopic (exact) mass is 341 g/mol. The second-order valence-electron chi connectivity index (χ2n) is 5.64. The van der Waals surface area contributed by atoms with Crippen molar-refractivity contribution in [2.75, 3.05) is 0 Å². The van der Waals surface area contributed by atoms with Crippen molar-refractivity contribution in [1.82, 2.24) is 0 Å². The van der Waals surface area contributed by atoms with Crippen LogP contribution in [0.15, 0.2) is 18.2 Å². The van der Waals surface area contributed by atoms with Gasteiger partial charge in [-0.15, -0.1) is 12.4 Å². The van der Waals surface area contributed by atoms with E-state index in [0.29, 0.717) is 6.07 Å². The molecule has 1 fully saturated rings. The predicted molar refractivity (Wildman–Crippen MR) is 78.2 cm³/mol. The summed E-state index contributed by atoms with van der Waals surface area (Å²) < 4.78 is 52.3. The van der Waals surface area contributed by atoms with Crippen molar-refractivity contribution >= 4 is 12.4 Å². The fraction of sp³-hybridized carbons (Fsp3) is 0.600. The zero-order valence-electron chi connectivity index (χ0n) is 11.9. The van der Waals surface area contributed by atoms with Crippen LogP contribution in [0.3, 0.4) is 0 Å². The Balaban J connectivity index is 0.00000242. The molecule has 2 rings (SSSR count). The highest BCUT2D eigenvalue weighted by Crippen LogP contribution is 2.38. The van der Waals surface area contributed by atoms with Crippen molar-refractivity contribution in [1.29, 1.82) is 0 Å². The smallest absolute Gasteiger partial charge is 0.391 e. The molecule has 126 valence electrons. The molecule has 1 saturated carbocycles. The number of hydrogen-bond donors (Lipinski definition) is 2. The van der Waals surface area contributed by atoms with E-state index in [0.717, 1.165) is 44.2 Å². The normalized spacial score (nSPS) is 19.4. The van der Waals surface area contributed by atoms with Gasteiger partial charge < -0.3 is 10.8 Å². The van der Waals surface area contributed by atoms with Crippen LogP contribution in [-0.4, -0.2) is 11.2 Å². The third-order valence-electron chi connectivity index (χ3n) is 4.18. The average molecular weight is 342 g/mol. The molecule has 0 aliphatic heterocycles. The molecule has 2 nitrogen and oxygen atoms in total. The number of rotatable bonds is 3. The lowest BCUT2D eigenvalue weighted by atomic mass is 9.80. The number of benzene rings is 1. The third-order valence-corrected chi connectivity index (χ3v) is 4.18. The van der Waals surface area contributed by atoms with Crippen molar-refractivity contribution < 1.29 is 22.7 Å². The first-order chi connectivity index (χ1) is 9.80. The largest absolute Gasteiger partial charge is 0.416 e. The van der Waals surface area contributed by atoms with E-state index in [4.69, 9.17) is 5.73 Å². The van der Waals surface area contributed by atoms with Gasteiger partial charge in [-0.05, 0) is 42.5 Å². The van der Waals surface area contributed by atoms with Crippen molar-refractivity contribution in [3.63, 3.8) is 0 Å². The molecule has 1 aromatic carbocycles. The van der Waals surface area contributed by atoms with Gasteiger partial charge in [0.15, 0.2) is 0 Å². The summed E-state index contributed by atoms with van der Waals surface area (Å²) in [5, 5.41) is 10.3. The molecule has 1 aromatic rings. The first-order valence-corrected chi connectivity index (χ1v) is 7.11. The number of nitrogens with two attached hydrogens (primary N) is 1. The minimum atomic E-state index is -4.62. The molecule has 1 aliphatic carbocycles. The van der Waals surface area contributed by atoms with Gasteiger partial charge in [0.1, 0.15) is 5.82 Å². The molecule has 0 radical (unpaired) electrons. The number of aliphatic hydroxyl groups excluding tert-OH is 1. The zero-order chi connectivity index (χ0) is 15.6. The second-order valence-corrected chi connectivity index (χ2v) is 5.64. The van der Waals surface area contributed by atoms with E-state index in [1.165, 1.54) is 0 Å². The Kier molecular flexibility index (Phi) is 6.65. The molecule has 0 heterocycles. The standard InChI is InChI=1S/C15H19F4NO.ClH/c16-10-6-7-12(15(17,18)19)11(8-10)13(20)14(21)9-4-2-1-3-5-9;/h6-9,13-14,21H,1-5,20H2;1H/t13-,14+;/m0./s1. The van der Waals surface area contributed by atoms with E-state index in [9.17, 15) is 22.7 Å². The Morgan fingerprint density at radius 2 is 1.73 bits per heavy atom. The number of hydrogen-bond acceptors (Lipinski definition) is 2. The van der Waals surface area contributed by atoms with E-state index >= 15 is 0 Å². The van der Waals surface area contributed by atoms with Gasteiger partial charge in [0.25, 0.3) is 0 Å². The van der Waals surface area contributed by atoms with Gasteiger partial charge >= 0.3 is 6.18 Å². The van der Waals surface area contributed by atoms with Crippen LogP contribution in [0, 0.1) is 11.7 Å². The summed E-state index contributed by atoms with van der Waals surface area (Å²) in [4.78, 5) is 0. The topological polar surface area (TPSA) is 46.2 Å². The van der Waals surface area contributed by atoms with Crippen molar-refractivity contribution in [2.45, 2.75) is 50.4 Å².